The number of benzene rings is 2. The van der Waals surface area contributed by atoms with Gasteiger partial charge >= 0.3 is 0 Å². The Hall–Kier alpha value is -3.42. The lowest BCUT2D eigenvalue weighted by Gasteiger charge is -2.26. The quantitative estimate of drug-likeness (QED) is 0.608. The topological polar surface area (TPSA) is 77.5 Å². The number of carbonyl (C=O) groups excluding carboxylic acids is 2. The van der Waals surface area contributed by atoms with Crippen LogP contribution in [0.4, 0.5) is 0 Å². The molecular formula is C25H30N2O6. The lowest BCUT2D eigenvalue weighted by Crippen LogP contribution is -2.38. The predicted octanol–water partition coefficient (Wildman–Crippen LogP) is 3.48. The molecule has 0 aliphatic carbocycles. The maximum Gasteiger partial charge on any atom is 0.260 e. The van der Waals surface area contributed by atoms with Crippen LogP contribution in [0.15, 0.2) is 36.4 Å². The van der Waals surface area contributed by atoms with E-state index >= 15 is 0 Å². The molecule has 1 saturated heterocycles. The number of rotatable bonds is 8. The summed E-state index contributed by atoms with van der Waals surface area (Å²) in [7, 11) is 1.75. The van der Waals surface area contributed by atoms with E-state index in [0.29, 0.717) is 41.7 Å². The molecule has 8 nitrogen and oxygen atoms in total. The highest BCUT2D eigenvalue weighted by Gasteiger charge is 2.20. The van der Waals surface area contributed by atoms with E-state index in [1.807, 2.05) is 30.0 Å². The zero-order valence-corrected chi connectivity index (χ0v) is 19.2. The first kappa shape index (κ1) is 22.8. The smallest absolute Gasteiger partial charge is 0.260 e. The van der Waals surface area contributed by atoms with Gasteiger partial charge in [-0.3, -0.25) is 9.59 Å². The fourth-order valence-electron chi connectivity index (χ4n) is 4.01. The molecule has 0 bridgehead atoms. The van der Waals surface area contributed by atoms with Gasteiger partial charge in [-0.25, -0.2) is 0 Å². The molecule has 0 aromatic heterocycles. The lowest BCUT2D eigenvalue weighted by atomic mass is 10.1. The number of nitrogens with zero attached hydrogens (tertiary/aromatic N) is 2. The number of ether oxygens (including phenoxy) is 4. The van der Waals surface area contributed by atoms with E-state index in [9.17, 15) is 9.59 Å². The molecule has 0 unspecified atom stereocenters. The molecular weight excluding hydrogens is 424 g/mol. The van der Waals surface area contributed by atoms with Gasteiger partial charge in [-0.2, -0.15) is 0 Å². The third-order valence-corrected chi connectivity index (χ3v) is 5.75. The van der Waals surface area contributed by atoms with Crippen molar-refractivity contribution in [3.8, 4) is 23.0 Å². The van der Waals surface area contributed by atoms with Gasteiger partial charge < -0.3 is 28.7 Å². The number of hydrogen-bond acceptors (Lipinski definition) is 6. The summed E-state index contributed by atoms with van der Waals surface area (Å²) in [5.74, 6) is 2.13. The van der Waals surface area contributed by atoms with Crippen LogP contribution in [0.5, 0.6) is 23.0 Å². The summed E-state index contributed by atoms with van der Waals surface area (Å²) in [6, 6.07) is 10.7. The zero-order valence-electron chi connectivity index (χ0n) is 19.2. The first-order valence-electron chi connectivity index (χ1n) is 11.4. The third kappa shape index (κ3) is 5.50. The summed E-state index contributed by atoms with van der Waals surface area (Å²) in [5, 5.41) is 0. The van der Waals surface area contributed by atoms with Gasteiger partial charge in [0.25, 0.3) is 11.8 Å². The summed E-state index contributed by atoms with van der Waals surface area (Å²) in [6.45, 7) is 4.43. The number of hydrogen-bond donors (Lipinski definition) is 0. The van der Waals surface area contributed by atoms with Crippen molar-refractivity contribution in [1.29, 1.82) is 0 Å². The highest BCUT2D eigenvalue weighted by molar-refractivity contribution is 5.94. The van der Waals surface area contributed by atoms with E-state index in [4.69, 9.17) is 18.9 Å². The second-order valence-corrected chi connectivity index (χ2v) is 8.17. The summed E-state index contributed by atoms with van der Waals surface area (Å²) in [4.78, 5) is 28.9. The van der Waals surface area contributed by atoms with E-state index in [1.165, 1.54) is 0 Å². The Labute approximate surface area is 194 Å². The van der Waals surface area contributed by atoms with Gasteiger partial charge in [-0.05, 0) is 62.1 Å². The van der Waals surface area contributed by atoms with Crippen molar-refractivity contribution in [2.45, 2.75) is 32.7 Å². The Kier molecular flexibility index (Phi) is 7.22. The first-order chi connectivity index (χ1) is 16.0. The third-order valence-electron chi connectivity index (χ3n) is 5.75. The molecule has 2 aliphatic heterocycles. The molecule has 0 spiro atoms. The number of amides is 2. The number of carbonyl (C=O) groups is 2. The van der Waals surface area contributed by atoms with Crippen LogP contribution in [-0.4, -0.2) is 61.8 Å². The van der Waals surface area contributed by atoms with Gasteiger partial charge in [0.05, 0.1) is 6.61 Å². The van der Waals surface area contributed by atoms with Crippen molar-refractivity contribution in [3.05, 3.63) is 47.5 Å². The van der Waals surface area contributed by atoms with Crippen molar-refractivity contribution in [2.75, 3.05) is 40.1 Å². The predicted molar refractivity (Wildman–Crippen MR) is 122 cm³/mol. The Balaban J connectivity index is 1.41. The van der Waals surface area contributed by atoms with Crippen LogP contribution in [-0.2, 0) is 11.3 Å². The normalized spacial score (nSPS) is 14.7. The summed E-state index contributed by atoms with van der Waals surface area (Å²) in [5.41, 5.74) is 1.42. The van der Waals surface area contributed by atoms with E-state index in [0.717, 1.165) is 37.9 Å². The van der Waals surface area contributed by atoms with Crippen molar-refractivity contribution in [3.63, 3.8) is 0 Å². The van der Waals surface area contributed by atoms with Crippen LogP contribution in [0.3, 0.4) is 0 Å². The van der Waals surface area contributed by atoms with Crippen LogP contribution in [0.2, 0.25) is 0 Å². The fourth-order valence-corrected chi connectivity index (χ4v) is 4.01. The van der Waals surface area contributed by atoms with Gasteiger partial charge in [-0.15, -0.1) is 0 Å². The Morgan fingerprint density at radius 2 is 1.76 bits per heavy atom. The standard InChI is InChI=1S/C25H30N2O6/c1-3-30-23-14-19(8-10-20(23)31-16-24(28)27-11-5-4-6-12-27)25(29)26(2)15-18-7-9-21-22(13-18)33-17-32-21/h7-10,13-14H,3-6,11-12,15-17H2,1-2H3. The van der Waals surface area contributed by atoms with Crippen molar-refractivity contribution < 1.29 is 28.5 Å². The molecule has 176 valence electrons. The molecule has 2 amide bonds. The highest BCUT2D eigenvalue weighted by atomic mass is 16.7. The van der Waals surface area contributed by atoms with Crippen LogP contribution in [0.25, 0.3) is 0 Å². The van der Waals surface area contributed by atoms with Crippen molar-refractivity contribution in [2.24, 2.45) is 0 Å². The Bertz CT molecular complexity index is 1000. The number of fused-ring (bicyclic) bond motifs is 1. The summed E-state index contributed by atoms with van der Waals surface area (Å²) >= 11 is 0. The van der Waals surface area contributed by atoms with Gasteiger partial charge in [-0.1, -0.05) is 6.07 Å². The molecule has 0 atom stereocenters. The molecule has 0 N–H and O–H groups in total. The first-order valence-corrected chi connectivity index (χ1v) is 11.4. The number of piperidine rings is 1. The van der Waals surface area contributed by atoms with Crippen LogP contribution < -0.4 is 18.9 Å². The molecule has 8 heteroatoms. The fraction of sp³-hybridized carbons (Fsp3) is 0.440. The molecule has 0 radical (unpaired) electrons. The number of likely N-dealkylation sites (tertiary alicyclic amines) is 1. The van der Waals surface area contributed by atoms with Crippen molar-refractivity contribution in [1.82, 2.24) is 9.80 Å². The van der Waals surface area contributed by atoms with Crippen LogP contribution in [0, 0.1) is 0 Å². The minimum absolute atomic E-state index is 0.0271. The molecule has 33 heavy (non-hydrogen) atoms. The molecule has 2 aromatic carbocycles. The van der Waals surface area contributed by atoms with Gasteiger partial charge in [0.15, 0.2) is 29.6 Å². The van der Waals surface area contributed by atoms with Crippen LogP contribution >= 0.6 is 0 Å². The van der Waals surface area contributed by atoms with Crippen molar-refractivity contribution >= 4 is 11.8 Å². The average Bonchev–Trinajstić information content (AvgIpc) is 3.31. The Morgan fingerprint density at radius 1 is 0.970 bits per heavy atom. The van der Waals surface area contributed by atoms with Gasteiger partial charge in [0.1, 0.15) is 0 Å². The summed E-state index contributed by atoms with van der Waals surface area (Å²) in [6.07, 6.45) is 3.23. The monoisotopic (exact) mass is 454 g/mol. The maximum absolute atomic E-state index is 13.0. The highest BCUT2D eigenvalue weighted by Crippen LogP contribution is 2.33. The molecule has 1 fully saturated rings. The largest absolute Gasteiger partial charge is 0.490 e. The zero-order chi connectivity index (χ0) is 23.2. The van der Waals surface area contributed by atoms with Gasteiger partial charge in [0.2, 0.25) is 6.79 Å². The molecule has 2 aromatic rings. The lowest BCUT2D eigenvalue weighted by molar-refractivity contribution is -0.134. The average molecular weight is 455 g/mol. The maximum atomic E-state index is 13.0. The van der Waals surface area contributed by atoms with E-state index in [-0.39, 0.29) is 25.2 Å². The SMILES string of the molecule is CCOc1cc(C(=O)N(C)Cc2ccc3c(c2)OCO3)ccc1OCC(=O)N1CCCCC1. The molecule has 2 heterocycles. The molecule has 2 aliphatic rings. The van der Waals surface area contributed by atoms with E-state index < -0.39 is 0 Å². The van der Waals surface area contributed by atoms with E-state index in [1.54, 1.807) is 30.1 Å². The second kappa shape index (κ2) is 10.5. The van der Waals surface area contributed by atoms with Gasteiger partial charge in [0, 0.05) is 32.2 Å². The van der Waals surface area contributed by atoms with Crippen LogP contribution in [0.1, 0.15) is 42.1 Å². The second-order valence-electron chi connectivity index (χ2n) is 8.17. The minimum Gasteiger partial charge on any atom is -0.490 e. The molecule has 0 saturated carbocycles. The van der Waals surface area contributed by atoms with E-state index in [2.05, 4.69) is 0 Å². The Morgan fingerprint density at radius 3 is 2.55 bits per heavy atom. The summed E-state index contributed by atoms with van der Waals surface area (Å²) < 4.78 is 22.2. The molecule has 4 rings (SSSR count). The minimum atomic E-state index is -0.149.